The van der Waals surface area contributed by atoms with Gasteiger partial charge in [0.2, 0.25) is 0 Å². The smallest absolute Gasteiger partial charge is 0.116 e. The van der Waals surface area contributed by atoms with Crippen LogP contribution < -0.4 is 5.32 Å². The summed E-state index contributed by atoms with van der Waals surface area (Å²) in [7, 11) is 0. The zero-order valence-electron chi connectivity index (χ0n) is 10.2. The van der Waals surface area contributed by atoms with E-state index in [1.54, 1.807) is 0 Å². The van der Waals surface area contributed by atoms with Crippen molar-refractivity contribution in [2.75, 3.05) is 6.54 Å². The molecule has 90 valence electrons. The number of aliphatic hydroxyl groups is 1. The molecule has 1 aliphatic carbocycles. The Morgan fingerprint density at radius 2 is 1.67 bits per heavy atom. The number of nitrogens with one attached hydrogen (secondary N) is 1. The quantitative estimate of drug-likeness (QED) is 0.503. The van der Waals surface area contributed by atoms with Gasteiger partial charge < -0.3 is 5.11 Å². The topological polar surface area (TPSA) is 32.3 Å². The van der Waals surface area contributed by atoms with Crippen molar-refractivity contribution in [1.82, 2.24) is 5.32 Å². The van der Waals surface area contributed by atoms with Gasteiger partial charge in [0.1, 0.15) is 5.72 Å². The minimum atomic E-state index is -0.525. The standard InChI is InChI=1S/C13H27NO/c1-2-3-4-5-9-12-14-13(15)10-7-6-8-11-13/h14-15H,2-12H2,1H3. The third-order valence-electron chi connectivity index (χ3n) is 3.42. The zero-order chi connectivity index (χ0) is 11.0. The van der Waals surface area contributed by atoms with E-state index in [1.165, 1.54) is 51.4 Å². The summed E-state index contributed by atoms with van der Waals surface area (Å²) in [5.74, 6) is 0. The molecule has 0 amide bonds. The Labute approximate surface area is 94.5 Å². The van der Waals surface area contributed by atoms with E-state index >= 15 is 0 Å². The molecule has 0 radical (unpaired) electrons. The van der Waals surface area contributed by atoms with Gasteiger partial charge >= 0.3 is 0 Å². The van der Waals surface area contributed by atoms with Gasteiger partial charge in [0, 0.05) is 0 Å². The molecule has 0 atom stereocenters. The summed E-state index contributed by atoms with van der Waals surface area (Å²) in [5.41, 5.74) is -0.525. The molecular formula is C13H27NO. The first-order chi connectivity index (χ1) is 7.27. The Balaban J connectivity index is 1.98. The molecule has 2 N–H and O–H groups in total. The predicted molar refractivity (Wildman–Crippen MR) is 64.8 cm³/mol. The normalized spacial score (nSPS) is 20.4. The fourth-order valence-electron chi connectivity index (χ4n) is 2.36. The number of unbranched alkanes of at least 4 members (excludes halogenated alkanes) is 4. The molecule has 2 heteroatoms. The molecular weight excluding hydrogens is 186 g/mol. The minimum absolute atomic E-state index is 0.525. The number of hydrogen-bond donors (Lipinski definition) is 2. The average molecular weight is 213 g/mol. The van der Waals surface area contributed by atoms with Crippen LogP contribution in [0.3, 0.4) is 0 Å². The summed E-state index contributed by atoms with van der Waals surface area (Å²) < 4.78 is 0. The minimum Gasteiger partial charge on any atom is -0.376 e. The van der Waals surface area contributed by atoms with E-state index in [-0.39, 0.29) is 0 Å². The fraction of sp³-hybridized carbons (Fsp3) is 1.00. The lowest BCUT2D eigenvalue weighted by Crippen LogP contribution is -2.46. The molecule has 0 aromatic rings. The largest absolute Gasteiger partial charge is 0.376 e. The van der Waals surface area contributed by atoms with Gasteiger partial charge in [0.05, 0.1) is 0 Å². The Kier molecular flexibility index (Phi) is 6.26. The van der Waals surface area contributed by atoms with Crippen molar-refractivity contribution in [3.8, 4) is 0 Å². The summed E-state index contributed by atoms with van der Waals surface area (Å²) in [6.07, 6.45) is 12.1. The van der Waals surface area contributed by atoms with Crippen LogP contribution in [0.1, 0.15) is 71.1 Å². The molecule has 0 bridgehead atoms. The van der Waals surface area contributed by atoms with Gasteiger partial charge in [0.15, 0.2) is 0 Å². The van der Waals surface area contributed by atoms with Crippen molar-refractivity contribution >= 4 is 0 Å². The molecule has 1 aliphatic rings. The molecule has 0 aromatic heterocycles. The van der Waals surface area contributed by atoms with Crippen molar-refractivity contribution < 1.29 is 5.11 Å². The van der Waals surface area contributed by atoms with Gasteiger partial charge in [-0.3, -0.25) is 5.32 Å². The maximum atomic E-state index is 10.2. The lowest BCUT2D eigenvalue weighted by Gasteiger charge is -2.33. The third kappa shape index (κ3) is 5.53. The maximum absolute atomic E-state index is 10.2. The zero-order valence-corrected chi connectivity index (χ0v) is 10.2. The number of hydrogen-bond acceptors (Lipinski definition) is 2. The Morgan fingerprint density at radius 3 is 2.33 bits per heavy atom. The first-order valence-electron chi connectivity index (χ1n) is 6.74. The molecule has 15 heavy (non-hydrogen) atoms. The average Bonchev–Trinajstić information content (AvgIpc) is 2.24. The fourth-order valence-corrected chi connectivity index (χ4v) is 2.36. The molecule has 0 aromatic carbocycles. The lowest BCUT2D eigenvalue weighted by atomic mass is 9.91. The molecule has 1 rings (SSSR count). The van der Waals surface area contributed by atoms with Crippen LogP contribution in [0.15, 0.2) is 0 Å². The van der Waals surface area contributed by atoms with E-state index < -0.39 is 5.72 Å². The molecule has 0 spiro atoms. The molecule has 0 aliphatic heterocycles. The Morgan fingerprint density at radius 1 is 1.00 bits per heavy atom. The van der Waals surface area contributed by atoms with Crippen LogP contribution in [0.5, 0.6) is 0 Å². The summed E-state index contributed by atoms with van der Waals surface area (Å²) in [6, 6.07) is 0. The molecule has 0 saturated heterocycles. The van der Waals surface area contributed by atoms with Crippen LogP contribution in [0.2, 0.25) is 0 Å². The Hall–Kier alpha value is -0.0800. The van der Waals surface area contributed by atoms with E-state index in [2.05, 4.69) is 12.2 Å². The second-order valence-electron chi connectivity index (χ2n) is 4.93. The summed E-state index contributed by atoms with van der Waals surface area (Å²) in [4.78, 5) is 0. The van der Waals surface area contributed by atoms with Crippen molar-refractivity contribution in [3.63, 3.8) is 0 Å². The maximum Gasteiger partial charge on any atom is 0.116 e. The van der Waals surface area contributed by atoms with Crippen molar-refractivity contribution in [1.29, 1.82) is 0 Å². The second-order valence-corrected chi connectivity index (χ2v) is 4.93. The van der Waals surface area contributed by atoms with E-state index in [0.717, 1.165) is 19.4 Å². The molecule has 1 saturated carbocycles. The summed E-state index contributed by atoms with van der Waals surface area (Å²) >= 11 is 0. The van der Waals surface area contributed by atoms with Gasteiger partial charge in [0.25, 0.3) is 0 Å². The van der Waals surface area contributed by atoms with Gasteiger partial charge in [-0.05, 0) is 38.6 Å². The van der Waals surface area contributed by atoms with Gasteiger partial charge in [-0.2, -0.15) is 0 Å². The van der Waals surface area contributed by atoms with Crippen LogP contribution in [-0.2, 0) is 0 Å². The van der Waals surface area contributed by atoms with Crippen LogP contribution in [0.4, 0.5) is 0 Å². The van der Waals surface area contributed by atoms with Crippen molar-refractivity contribution in [2.45, 2.75) is 76.9 Å². The van der Waals surface area contributed by atoms with Gasteiger partial charge in [-0.15, -0.1) is 0 Å². The van der Waals surface area contributed by atoms with Crippen molar-refractivity contribution in [3.05, 3.63) is 0 Å². The molecule has 0 unspecified atom stereocenters. The van der Waals surface area contributed by atoms with Crippen LogP contribution in [0, 0.1) is 0 Å². The predicted octanol–water partition coefficient (Wildman–Crippen LogP) is 3.20. The van der Waals surface area contributed by atoms with Gasteiger partial charge in [-0.25, -0.2) is 0 Å². The first kappa shape index (κ1) is 13.0. The van der Waals surface area contributed by atoms with Crippen LogP contribution in [0.25, 0.3) is 0 Å². The number of rotatable bonds is 7. The van der Waals surface area contributed by atoms with E-state index in [4.69, 9.17) is 0 Å². The third-order valence-corrected chi connectivity index (χ3v) is 3.42. The van der Waals surface area contributed by atoms with Crippen LogP contribution in [-0.4, -0.2) is 17.4 Å². The monoisotopic (exact) mass is 213 g/mol. The molecule has 0 heterocycles. The Bertz CT molecular complexity index is 153. The van der Waals surface area contributed by atoms with E-state index in [1.807, 2.05) is 0 Å². The summed E-state index contributed by atoms with van der Waals surface area (Å²) in [6.45, 7) is 3.23. The van der Waals surface area contributed by atoms with Gasteiger partial charge in [-0.1, -0.05) is 39.0 Å². The first-order valence-corrected chi connectivity index (χ1v) is 6.74. The lowest BCUT2D eigenvalue weighted by molar-refractivity contribution is -0.0278. The highest BCUT2D eigenvalue weighted by Crippen LogP contribution is 2.25. The van der Waals surface area contributed by atoms with E-state index in [0.29, 0.717) is 0 Å². The highest BCUT2D eigenvalue weighted by molar-refractivity contribution is 4.79. The molecule has 1 fully saturated rings. The highest BCUT2D eigenvalue weighted by Gasteiger charge is 2.27. The highest BCUT2D eigenvalue weighted by atomic mass is 16.3. The van der Waals surface area contributed by atoms with Crippen LogP contribution >= 0.6 is 0 Å². The van der Waals surface area contributed by atoms with Crippen molar-refractivity contribution in [2.24, 2.45) is 0 Å². The summed E-state index contributed by atoms with van der Waals surface area (Å²) in [5, 5.41) is 13.5. The SMILES string of the molecule is CCCCCCCNC1(O)CCCCC1. The molecule has 2 nitrogen and oxygen atoms in total. The van der Waals surface area contributed by atoms with E-state index in [9.17, 15) is 5.11 Å². The second kappa shape index (κ2) is 7.24.